The molecule has 0 saturated carbocycles. The van der Waals surface area contributed by atoms with Crippen LogP contribution in [0.2, 0.25) is 0 Å². The molecule has 0 bridgehead atoms. The molecule has 0 aliphatic carbocycles. The van der Waals surface area contributed by atoms with Crippen LogP contribution in [0.3, 0.4) is 0 Å². The van der Waals surface area contributed by atoms with Crippen LogP contribution >= 0.6 is 11.3 Å². The molecule has 2 aromatic rings. The fourth-order valence-electron chi connectivity index (χ4n) is 2.14. The van der Waals surface area contributed by atoms with E-state index in [0.29, 0.717) is 17.5 Å². The summed E-state index contributed by atoms with van der Waals surface area (Å²) in [5.41, 5.74) is 0.101. The third-order valence-corrected chi connectivity index (χ3v) is 4.33. The van der Waals surface area contributed by atoms with E-state index >= 15 is 0 Å². The Hall–Kier alpha value is -2.13. The van der Waals surface area contributed by atoms with Gasteiger partial charge < -0.3 is 15.7 Å². The second-order valence-electron chi connectivity index (χ2n) is 5.22. The van der Waals surface area contributed by atoms with Crippen molar-refractivity contribution in [3.8, 4) is 0 Å². The normalized spacial score (nSPS) is 13.6. The molecule has 136 valence electrons. The van der Waals surface area contributed by atoms with E-state index in [-0.39, 0.29) is 19.1 Å². The number of nitrogens with zero attached hydrogens (tertiary/aromatic N) is 2. The predicted molar refractivity (Wildman–Crippen MR) is 91.6 cm³/mol. The van der Waals surface area contributed by atoms with Crippen molar-refractivity contribution < 1.29 is 18.3 Å². The Morgan fingerprint density at radius 2 is 2.00 bits per heavy atom. The second kappa shape index (κ2) is 8.82. The lowest BCUT2D eigenvalue weighted by Crippen LogP contribution is -2.39. The highest BCUT2D eigenvalue weighted by Crippen LogP contribution is 2.29. The molecular weight excluding hydrogens is 353 g/mol. The molecule has 2 rings (SSSR count). The fraction of sp³-hybridized carbons (Fsp3) is 0.375. The number of aliphatic hydroxyl groups excluding tert-OH is 1. The summed E-state index contributed by atoms with van der Waals surface area (Å²) < 4.78 is 37.6. The van der Waals surface area contributed by atoms with Crippen molar-refractivity contribution in [1.82, 2.24) is 15.6 Å². The number of halogens is 3. The monoisotopic (exact) mass is 372 g/mol. The summed E-state index contributed by atoms with van der Waals surface area (Å²) in [6, 6.07) is 9.53. The molecule has 0 aliphatic rings. The number of aromatic nitrogens is 1. The Morgan fingerprint density at radius 3 is 2.56 bits per heavy atom. The first-order valence-electron chi connectivity index (χ1n) is 7.56. The van der Waals surface area contributed by atoms with Crippen LogP contribution in [0.1, 0.15) is 22.2 Å². The molecule has 0 aliphatic heterocycles. The van der Waals surface area contributed by atoms with Crippen LogP contribution in [-0.2, 0) is 12.7 Å². The highest BCUT2D eigenvalue weighted by molar-refractivity contribution is 7.09. The summed E-state index contributed by atoms with van der Waals surface area (Å²) >= 11 is 0.938. The number of aliphatic hydroxyl groups is 1. The third kappa shape index (κ3) is 5.71. The minimum absolute atomic E-state index is 0.0323. The van der Waals surface area contributed by atoms with Crippen molar-refractivity contribution in [1.29, 1.82) is 0 Å². The summed E-state index contributed by atoms with van der Waals surface area (Å²) in [5.74, 6) is 0.314. The molecule has 0 amide bonds. The Bertz CT molecular complexity index is 688. The summed E-state index contributed by atoms with van der Waals surface area (Å²) in [4.78, 5) is 7.58. The lowest BCUT2D eigenvalue weighted by Gasteiger charge is -2.17. The van der Waals surface area contributed by atoms with E-state index in [9.17, 15) is 18.3 Å². The molecule has 25 heavy (non-hydrogen) atoms. The molecule has 1 atom stereocenters. The van der Waals surface area contributed by atoms with Crippen LogP contribution in [0, 0.1) is 0 Å². The third-order valence-electron chi connectivity index (χ3n) is 3.48. The zero-order valence-electron chi connectivity index (χ0n) is 13.5. The molecule has 9 heteroatoms. The molecule has 1 aromatic heterocycles. The summed E-state index contributed by atoms with van der Waals surface area (Å²) in [6.45, 7) is 0.539. The smallest absolute Gasteiger partial charge is 0.396 e. The fourth-order valence-corrected chi connectivity index (χ4v) is 2.88. The number of nitrogens with one attached hydrogen (secondary N) is 2. The van der Waals surface area contributed by atoms with Gasteiger partial charge in [0, 0.05) is 24.9 Å². The first kappa shape index (κ1) is 19.2. The highest BCUT2D eigenvalue weighted by atomic mass is 32.1. The predicted octanol–water partition coefficient (Wildman–Crippen LogP) is 2.60. The van der Waals surface area contributed by atoms with Crippen molar-refractivity contribution >= 4 is 17.3 Å². The maximum absolute atomic E-state index is 12.5. The zero-order valence-corrected chi connectivity index (χ0v) is 14.4. The first-order valence-corrected chi connectivity index (χ1v) is 8.44. The molecule has 1 unspecified atom stereocenters. The molecule has 0 radical (unpaired) electrons. The first-order chi connectivity index (χ1) is 11.9. The number of alkyl halides is 3. The average molecular weight is 372 g/mol. The minimum Gasteiger partial charge on any atom is -0.396 e. The van der Waals surface area contributed by atoms with Gasteiger partial charge >= 0.3 is 6.18 Å². The Labute approximate surface area is 147 Å². The van der Waals surface area contributed by atoms with Gasteiger partial charge in [-0.05, 0) is 5.56 Å². The van der Waals surface area contributed by atoms with Crippen molar-refractivity contribution in [2.75, 3.05) is 20.2 Å². The zero-order chi connectivity index (χ0) is 18.3. The van der Waals surface area contributed by atoms with E-state index in [4.69, 9.17) is 0 Å². The molecule has 5 nitrogen and oxygen atoms in total. The number of guanidine groups is 1. The second-order valence-corrected chi connectivity index (χ2v) is 6.16. The van der Waals surface area contributed by atoms with E-state index in [0.717, 1.165) is 22.3 Å². The van der Waals surface area contributed by atoms with Gasteiger partial charge in [-0.2, -0.15) is 13.2 Å². The number of aliphatic imine (C=N–C) groups is 1. The molecular formula is C16H19F3N4OS. The van der Waals surface area contributed by atoms with E-state index in [1.54, 1.807) is 7.05 Å². The van der Waals surface area contributed by atoms with Gasteiger partial charge in [0.05, 0.1) is 13.2 Å². The Balaban J connectivity index is 1.87. The maximum Gasteiger partial charge on any atom is 0.434 e. The Morgan fingerprint density at radius 1 is 1.28 bits per heavy atom. The van der Waals surface area contributed by atoms with Gasteiger partial charge in [-0.1, -0.05) is 30.3 Å². The number of thiazole rings is 1. The van der Waals surface area contributed by atoms with Crippen LogP contribution in [0.25, 0.3) is 0 Å². The van der Waals surface area contributed by atoms with E-state index in [1.165, 1.54) is 0 Å². The van der Waals surface area contributed by atoms with Gasteiger partial charge in [-0.15, -0.1) is 11.3 Å². The summed E-state index contributed by atoms with van der Waals surface area (Å²) in [7, 11) is 1.56. The van der Waals surface area contributed by atoms with Gasteiger partial charge in [-0.3, -0.25) is 4.99 Å². The topological polar surface area (TPSA) is 69.5 Å². The van der Waals surface area contributed by atoms with Crippen LogP contribution in [-0.4, -0.2) is 36.2 Å². The van der Waals surface area contributed by atoms with Crippen molar-refractivity contribution in [3.05, 3.63) is 52.0 Å². The molecule has 3 N–H and O–H groups in total. The highest BCUT2D eigenvalue weighted by Gasteiger charge is 2.33. The molecule has 1 heterocycles. The van der Waals surface area contributed by atoms with Crippen LogP contribution in [0.15, 0.2) is 40.7 Å². The van der Waals surface area contributed by atoms with Crippen LogP contribution in [0.4, 0.5) is 13.2 Å². The van der Waals surface area contributed by atoms with Crippen molar-refractivity contribution in [2.45, 2.75) is 18.6 Å². The number of rotatable bonds is 6. The molecule has 0 fully saturated rings. The largest absolute Gasteiger partial charge is 0.434 e. The maximum atomic E-state index is 12.5. The van der Waals surface area contributed by atoms with Gasteiger partial charge in [-0.25, -0.2) is 4.98 Å². The quantitative estimate of drug-likeness (QED) is 0.539. The van der Waals surface area contributed by atoms with E-state index < -0.39 is 11.9 Å². The SMILES string of the molecule is CN=C(NCc1nc(C(F)(F)F)cs1)NCC(CO)c1ccccc1. The lowest BCUT2D eigenvalue weighted by atomic mass is 10.0. The Kier molecular flexibility index (Phi) is 6.77. The number of benzene rings is 1. The molecule has 1 aromatic carbocycles. The van der Waals surface area contributed by atoms with Gasteiger partial charge in [0.2, 0.25) is 0 Å². The van der Waals surface area contributed by atoms with Gasteiger partial charge in [0.25, 0.3) is 0 Å². The number of hydrogen-bond donors (Lipinski definition) is 3. The van der Waals surface area contributed by atoms with Gasteiger partial charge in [0.1, 0.15) is 5.01 Å². The lowest BCUT2D eigenvalue weighted by molar-refractivity contribution is -0.140. The van der Waals surface area contributed by atoms with Crippen LogP contribution in [0.5, 0.6) is 0 Å². The van der Waals surface area contributed by atoms with E-state index in [1.807, 2.05) is 30.3 Å². The number of hydrogen-bond acceptors (Lipinski definition) is 4. The van der Waals surface area contributed by atoms with Gasteiger partial charge in [0.15, 0.2) is 11.7 Å². The standard InChI is InChI=1S/C16H19F3N4OS/c1-20-15(21-7-12(9-24)11-5-3-2-4-6-11)22-8-14-23-13(10-25-14)16(17,18)19/h2-6,10,12,24H,7-9H2,1H3,(H2,20,21,22). The van der Waals surface area contributed by atoms with Crippen LogP contribution < -0.4 is 10.6 Å². The van der Waals surface area contributed by atoms with E-state index in [2.05, 4.69) is 20.6 Å². The van der Waals surface area contributed by atoms with Crippen molar-refractivity contribution in [2.24, 2.45) is 4.99 Å². The molecule has 0 saturated heterocycles. The minimum atomic E-state index is -4.43. The summed E-state index contributed by atoms with van der Waals surface area (Å²) in [5, 5.41) is 16.8. The average Bonchev–Trinajstić information content (AvgIpc) is 3.08. The molecule has 0 spiro atoms. The summed E-state index contributed by atoms with van der Waals surface area (Å²) in [6.07, 6.45) is -4.43. The van der Waals surface area contributed by atoms with Crippen molar-refractivity contribution in [3.63, 3.8) is 0 Å².